The van der Waals surface area contributed by atoms with Gasteiger partial charge < -0.3 is 10.2 Å². The van der Waals surface area contributed by atoms with Crippen molar-refractivity contribution in [2.45, 2.75) is 26.3 Å². The lowest BCUT2D eigenvalue weighted by Gasteiger charge is -2.20. The zero-order chi connectivity index (χ0) is 14.3. The molecule has 1 aromatic carbocycles. The molecule has 0 aliphatic carbocycles. The Morgan fingerprint density at radius 3 is 2.42 bits per heavy atom. The molecule has 0 saturated heterocycles. The number of anilines is 1. The molecule has 1 rings (SSSR count). The average molecular weight is 263 g/mol. The molecular weight excluding hydrogens is 245 g/mol. The van der Waals surface area contributed by atoms with Crippen LogP contribution in [0.25, 0.3) is 0 Å². The van der Waals surface area contributed by atoms with Crippen LogP contribution in [0, 0.1) is 17.1 Å². The SMILES string of the molecule is CCN(CC)C(=O)CC(C#N)Nc1ccc(F)cc1. The lowest BCUT2D eigenvalue weighted by molar-refractivity contribution is -0.130. The molecule has 0 aromatic heterocycles. The Morgan fingerprint density at radius 1 is 1.37 bits per heavy atom. The van der Waals surface area contributed by atoms with Crippen LogP contribution < -0.4 is 5.32 Å². The van der Waals surface area contributed by atoms with E-state index in [4.69, 9.17) is 5.26 Å². The molecule has 1 aromatic rings. The van der Waals surface area contributed by atoms with Crippen LogP contribution in [0.4, 0.5) is 10.1 Å². The smallest absolute Gasteiger partial charge is 0.225 e. The number of carbonyl (C=O) groups excluding carboxylic acids is 1. The molecule has 1 amide bonds. The molecule has 1 atom stereocenters. The summed E-state index contributed by atoms with van der Waals surface area (Å²) < 4.78 is 12.8. The van der Waals surface area contributed by atoms with Crippen molar-refractivity contribution in [2.75, 3.05) is 18.4 Å². The van der Waals surface area contributed by atoms with Crippen LogP contribution in [0.5, 0.6) is 0 Å². The minimum atomic E-state index is -0.612. The van der Waals surface area contributed by atoms with Crippen LogP contribution >= 0.6 is 0 Å². The van der Waals surface area contributed by atoms with Gasteiger partial charge >= 0.3 is 0 Å². The zero-order valence-corrected chi connectivity index (χ0v) is 11.2. The van der Waals surface area contributed by atoms with Gasteiger partial charge in [-0.25, -0.2) is 4.39 Å². The highest BCUT2D eigenvalue weighted by Gasteiger charge is 2.16. The molecular formula is C14H18FN3O. The van der Waals surface area contributed by atoms with Crippen LogP contribution in [-0.2, 0) is 4.79 Å². The van der Waals surface area contributed by atoms with Crippen LogP contribution in [0.1, 0.15) is 20.3 Å². The highest BCUT2D eigenvalue weighted by molar-refractivity contribution is 5.77. The minimum Gasteiger partial charge on any atom is -0.369 e. The van der Waals surface area contributed by atoms with Gasteiger partial charge in [-0.1, -0.05) is 0 Å². The molecule has 0 heterocycles. The highest BCUT2D eigenvalue weighted by atomic mass is 19.1. The van der Waals surface area contributed by atoms with Gasteiger partial charge in [-0.3, -0.25) is 4.79 Å². The van der Waals surface area contributed by atoms with E-state index in [0.29, 0.717) is 18.8 Å². The third-order valence-electron chi connectivity index (χ3n) is 2.84. The summed E-state index contributed by atoms with van der Waals surface area (Å²) in [5.41, 5.74) is 0.625. The molecule has 0 spiro atoms. The second kappa shape index (κ2) is 7.37. The van der Waals surface area contributed by atoms with E-state index in [1.165, 1.54) is 12.1 Å². The van der Waals surface area contributed by atoms with Gasteiger partial charge in [0, 0.05) is 18.8 Å². The van der Waals surface area contributed by atoms with E-state index in [1.807, 2.05) is 19.9 Å². The first kappa shape index (κ1) is 15.0. The van der Waals surface area contributed by atoms with Crippen molar-refractivity contribution in [3.8, 4) is 6.07 Å². The Bertz CT molecular complexity index is 449. The number of amides is 1. The molecule has 102 valence electrons. The van der Waals surface area contributed by atoms with Crippen LogP contribution in [0.3, 0.4) is 0 Å². The maximum Gasteiger partial charge on any atom is 0.225 e. The number of nitrogens with zero attached hydrogens (tertiary/aromatic N) is 2. The van der Waals surface area contributed by atoms with E-state index in [-0.39, 0.29) is 18.1 Å². The lowest BCUT2D eigenvalue weighted by Crippen LogP contribution is -2.34. The molecule has 0 radical (unpaired) electrons. The van der Waals surface area contributed by atoms with Crippen molar-refractivity contribution < 1.29 is 9.18 Å². The van der Waals surface area contributed by atoms with E-state index in [0.717, 1.165) is 0 Å². The first-order chi connectivity index (χ1) is 9.10. The largest absolute Gasteiger partial charge is 0.369 e. The summed E-state index contributed by atoms with van der Waals surface area (Å²) in [5.74, 6) is -0.399. The normalized spacial score (nSPS) is 11.5. The van der Waals surface area contributed by atoms with Gasteiger partial charge in [0.05, 0.1) is 12.5 Å². The number of hydrogen-bond donors (Lipinski definition) is 1. The fourth-order valence-corrected chi connectivity index (χ4v) is 1.76. The third-order valence-corrected chi connectivity index (χ3v) is 2.84. The number of benzene rings is 1. The Morgan fingerprint density at radius 2 is 1.95 bits per heavy atom. The van der Waals surface area contributed by atoms with Crippen molar-refractivity contribution in [1.82, 2.24) is 4.90 Å². The van der Waals surface area contributed by atoms with Crippen molar-refractivity contribution in [2.24, 2.45) is 0 Å². The van der Waals surface area contributed by atoms with Gasteiger partial charge in [0.25, 0.3) is 0 Å². The second-order valence-corrected chi connectivity index (χ2v) is 4.10. The third kappa shape index (κ3) is 4.59. The fraction of sp³-hybridized carbons (Fsp3) is 0.429. The summed E-state index contributed by atoms with van der Waals surface area (Å²) in [6.07, 6.45) is 0.107. The topological polar surface area (TPSA) is 56.1 Å². The van der Waals surface area contributed by atoms with E-state index in [9.17, 15) is 9.18 Å². The molecule has 0 saturated carbocycles. The molecule has 19 heavy (non-hydrogen) atoms. The summed E-state index contributed by atoms with van der Waals surface area (Å²) in [6, 6.07) is 7.14. The molecule has 0 aliphatic heterocycles. The maximum atomic E-state index is 12.8. The summed E-state index contributed by atoms with van der Waals surface area (Å²) in [7, 11) is 0. The Labute approximate surface area is 112 Å². The standard InChI is InChI=1S/C14H18FN3O/c1-3-18(4-2)14(19)9-13(10-16)17-12-7-5-11(15)6-8-12/h5-8,13,17H,3-4,9H2,1-2H3. The lowest BCUT2D eigenvalue weighted by atomic mass is 10.2. The first-order valence-electron chi connectivity index (χ1n) is 6.30. The van der Waals surface area contributed by atoms with Crippen LogP contribution in [-0.4, -0.2) is 29.9 Å². The Balaban J connectivity index is 2.62. The molecule has 1 N–H and O–H groups in total. The van der Waals surface area contributed by atoms with Crippen LogP contribution in [0.15, 0.2) is 24.3 Å². The number of halogens is 1. The summed E-state index contributed by atoms with van der Waals surface area (Å²) in [5, 5.41) is 12.0. The van der Waals surface area contributed by atoms with E-state index < -0.39 is 6.04 Å². The number of carbonyl (C=O) groups is 1. The number of nitriles is 1. The summed E-state index contributed by atoms with van der Waals surface area (Å²) in [6.45, 7) is 5.06. The van der Waals surface area contributed by atoms with Gasteiger partial charge in [0.15, 0.2) is 0 Å². The van der Waals surface area contributed by atoms with Crippen molar-refractivity contribution in [1.29, 1.82) is 5.26 Å². The van der Waals surface area contributed by atoms with Gasteiger partial charge in [0.1, 0.15) is 11.9 Å². The molecule has 0 fully saturated rings. The monoisotopic (exact) mass is 263 g/mol. The minimum absolute atomic E-state index is 0.0637. The van der Waals surface area contributed by atoms with Crippen LogP contribution in [0.2, 0.25) is 0 Å². The van der Waals surface area contributed by atoms with Crippen molar-refractivity contribution in [3.05, 3.63) is 30.1 Å². The zero-order valence-electron chi connectivity index (χ0n) is 11.2. The number of nitrogens with one attached hydrogen (secondary N) is 1. The van der Waals surface area contributed by atoms with Crippen molar-refractivity contribution >= 4 is 11.6 Å². The Kier molecular flexibility index (Phi) is 5.80. The van der Waals surface area contributed by atoms with E-state index >= 15 is 0 Å². The van der Waals surface area contributed by atoms with E-state index in [1.54, 1.807) is 17.0 Å². The molecule has 0 aliphatic rings. The quantitative estimate of drug-likeness (QED) is 0.857. The van der Waals surface area contributed by atoms with Gasteiger partial charge in [-0.15, -0.1) is 0 Å². The van der Waals surface area contributed by atoms with Gasteiger partial charge in [-0.05, 0) is 38.1 Å². The van der Waals surface area contributed by atoms with E-state index in [2.05, 4.69) is 5.32 Å². The second-order valence-electron chi connectivity index (χ2n) is 4.10. The molecule has 5 heteroatoms. The molecule has 4 nitrogen and oxygen atoms in total. The number of hydrogen-bond acceptors (Lipinski definition) is 3. The first-order valence-corrected chi connectivity index (χ1v) is 6.30. The van der Waals surface area contributed by atoms with Crippen molar-refractivity contribution in [3.63, 3.8) is 0 Å². The fourth-order valence-electron chi connectivity index (χ4n) is 1.76. The highest BCUT2D eigenvalue weighted by Crippen LogP contribution is 2.11. The predicted octanol–water partition coefficient (Wildman–Crippen LogP) is 2.39. The predicted molar refractivity (Wildman–Crippen MR) is 72.0 cm³/mol. The maximum absolute atomic E-state index is 12.8. The van der Waals surface area contributed by atoms with Gasteiger partial charge in [0.2, 0.25) is 5.91 Å². The Hall–Kier alpha value is -2.09. The van der Waals surface area contributed by atoms with Gasteiger partial charge in [-0.2, -0.15) is 5.26 Å². The number of rotatable bonds is 6. The summed E-state index contributed by atoms with van der Waals surface area (Å²) >= 11 is 0. The average Bonchev–Trinajstić information content (AvgIpc) is 2.41. The molecule has 0 bridgehead atoms. The molecule has 1 unspecified atom stereocenters. The summed E-state index contributed by atoms with van der Waals surface area (Å²) in [4.78, 5) is 13.6.